The van der Waals surface area contributed by atoms with Crippen LogP contribution >= 0.6 is 0 Å². The Labute approximate surface area is 136 Å². The van der Waals surface area contributed by atoms with Crippen molar-refractivity contribution < 1.29 is 4.74 Å². The van der Waals surface area contributed by atoms with Crippen LogP contribution in [-0.2, 0) is 4.74 Å². The van der Waals surface area contributed by atoms with Crippen molar-refractivity contribution in [3.05, 3.63) is 0 Å². The second kappa shape index (κ2) is 8.73. The number of ether oxygens (including phenoxy) is 1. The number of nitrogens with zero attached hydrogens (tertiary/aromatic N) is 3. The Bertz CT molecular complexity index is 351. The first-order valence-corrected chi connectivity index (χ1v) is 8.94. The quantitative estimate of drug-likeness (QED) is 0.461. The summed E-state index contributed by atoms with van der Waals surface area (Å²) in [5, 5.41) is 3.45. The standard InChI is InChI=1S/C17H34N4O/c1-4-18-16(21-10-7-17(2,3)15-21)19-8-5-6-9-20-11-13-22-14-12-20/h4-15H2,1-3H3,(H,18,19). The maximum atomic E-state index is 5.38. The van der Waals surface area contributed by atoms with Gasteiger partial charge in [0.25, 0.3) is 0 Å². The number of rotatable bonds is 6. The molecule has 0 aliphatic carbocycles. The number of aliphatic imine (C=N–C) groups is 1. The molecule has 0 aromatic carbocycles. The van der Waals surface area contributed by atoms with E-state index in [4.69, 9.17) is 9.73 Å². The summed E-state index contributed by atoms with van der Waals surface area (Å²) >= 11 is 0. The highest BCUT2D eigenvalue weighted by Crippen LogP contribution is 2.28. The van der Waals surface area contributed by atoms with Crippen LogP contribution in [0.4, 0.5) is 0 Å². The lowest BCUT2D eigenvalue weighted by Gasteiger charge is -2.26. The third-order valence-electron chi connectivity index (χ3n) is 4.56. The third-order valence-corrected chi connectivity index (χ3v) is 4.56. The average Bonchev–Trinajstić information content (AvgIpc) is 2.87. The fourth-order valence-corrected chi connectivity index (χ4v) is 3.18. The van der Waals surface area contributed by atoms with Crippen LogP contribution in [0.15, 0.2) is 4.99 Å². The molecule has 22 heavy (non-hydrogen) atoms. The first-order chi connectivity index (χ1) is 10.6. The van der Waals surface area contributed by atoms with E-state index >= 15 is 0 Å². The van der Waals surface area contributed by atoms with E-state index in [0.717, 1.165) is 58.4 Å². The number of hydrogen-bond donors (Lipinski definition) is 1. The Morgan fingerprint density at radius 1 is 1.18 bits per heavy atom. The highest BCUT2D eigenvalue weighted by Gasteiger charge is 2.30. The van der Waals surface area contributed by atoms with Gasteiger partial charge in [-0.3, -0.25) is 9.89 Å². The molecule has 2 heterocycles. The van der Waals surface area contributed by atoms with Crippen molar-refractivity contribution >= 4 is 5.96 Å². The third kappa shape index (κ3) is 5.76. The molecule has 1 N–H and O–H groups in total. The molecule has 0 radical (unpaired) electrons. The molecule has 0 unspecified atom stereocenters. The maximum Gasteiger partial charge on any atom is 0.193 e. The van der Waals surface area contributed by atoms with E-state index in [2.05, 4.69) is 35.9 Å². The van der Waals surface area contributed by atoms with Gasteiger partial charge in [0.05, 0.1) is 13.2 Å². The molecule has 0 aromatic rings. The zero-order chi connectivity index (χ0) is 15.8. The van der Waals surface area contributed by atoms with Gasteiger partial charge in [-0.1, -0.05) is 13.8 Å². The van der Waals surface area contributed by atoms with Crippen LogP contribution in [0.1, 0.15) is 40.0 Å². The molecule has 2 rings (SSSR count). The van der Waals surface area contributed by atoms with Gasteiger partial charge in [-0.2, -0.15) is 0 Å². The molecule has 0 amide bonds. The highest BCUT2D eigenvalue weighted by molar-refractivity contribution is 5.80. The van der Waals surface area contributed by atoms with E-state index in [9.17, 15) is 0 Å². The lowest BCUT2D eigenvalue weighted by Crippen LogP contribution is -2.40. The summed E-state index contributed by atoms with van der Waals surface area (Å²) in [7, 11) is 0. The molecule has 0 aromatic heterocycles. The molecule has 0 atom stereocenters. The average molecular weight is 310 g/mol. The topological polar surface area (TPSA) is 40.1 Å². The molecule has 0 saturated carbocycles. The molecule has 5 heteroatoms. The molecule has 2 fully saturated rings. The van der Waals surface area contributed by atoms with Crippen molar-refractivity contribution in [3.63, 3.8) is 0 Å². The number of nitrogens with one attached hydrogen (secondary N) is 1. The lowest BCUT2D eigenvalue weighted by atomic mass is 9.93. The number of unbranched alkanes of at least 4 members (excludes halogenated alkanes) is 1. The first kappa shape index (κ1) is 17.5. The Morgan fingerprint density at radius 3 is 2.59 bits per heavy atom. The maximum absolute atomic E-state index is 5.38. The summed E-state index contributed by atoms with van der Waals surface area (Å²) in [5.41, 5.74) is 0.423. The van der Waals surface area contributed by atoms with Gasteiger partial charge in [0, 0.05) is 39.3 Å². The smallest absolute Gasteiger partial charge is 0.193 e. The zero-order valence-electron chi connectivity index (χ0n) is 14.7. The van der Waals surface area contributed by atoms with Crippen molar-refractivity contribution in [2.24, 2.45) is 10.4 Å². The molecular formula is C17H34N4O. The van der Waals surface area contributed by atoms with Gasteiger partial charge in [0.1, 0.15) is 0 Å². The van der Waals surface area contributed by atoms with E-state index in [0.29, 0.717) is 5.41 Å². The van der Waals surface area contributed by atoms with Crippen LogP contribution in [0.5, 0.6) is 0 Å². The first-order valence-electron chi connectivity index (χ1n) is 8.94. The summed E-state index contributed by atoms with van der Waals surface area (Å²) in [4.78, 5) is 9.76. The number of guanidine groups is 1. The van der Waals surface area contributed by atoms with Gasteiger partial charge < -0.3 is 15.0 Å². The fraction of sp³-hybridized carbons (Fsp3) is 0.941. The minimum absolute atomic E-state index is 0.423. The van der Waals surface area contributed by atoms with Gasteiger partial charge in [-0.25, -0.2) is 0 Å². The van der Waals surface area contributed by atoms with Crippen LogP contribution in [-0.4, -0.2) is 74.8 Å². The second-order valence-corrected chi connectivity index (χ2v) is 7.23. The Kier molecular flexibility index (Phi) is 6.96. The van der Waals surface area contributed by atoms with Crippen LogP contribution < -0.4 is 5.32 Å². The normalized spacial score (nSPS) is 23.0. The largest absolute Gasteiger partial charge is 0.379 e. The molecule has 0 spiro atoms. The number of hydrogen-bond acceptors (Lipinski definition) is 3. The van der Waals surface area contributed by atoms with Gasteiger partial charge in [0.15, 0.2) is 5.96 Å². The SMILES string of the molecule is CCNC(=NCCCCN1CCOCC1)N1CCC(C)(C)C1. The van der Waals surface area contributed by atoms with E-state index in [-0.39, 0.29) is 0 Å². The predicted octanol–water partition coefficient (Wildman–Crippen LogP) is 1.80. The van der Waals surface area contributed by atoms with Crippen molar-refractivity contribution in [3.8, 4) is 0 Å². The summed E-state index contributed by atoms with van der Waals surface area (Å²) < 4.78 is 5.38. The number of likely N-dealkylation sites (tertiary alicyclic amines) is 1. The van der Waals surface area contributed by atoms with Gasteiger partial charge in [-0.05, 0) is 38.1 Å². The van der Waals surface area contributed by atoms with E-state index < -0.39 is 0 Å². The van der Waals surface area contributed by atoms with Crippen molar-refractivity contribution in [2.75, 3.05) is 59.0 Å². The van der Waals surface area contributed by atoms with E-state index in [1.165, 1.54) is 25.8 Å². The van der Waals surface area contributed by atoms with Gasteiger partial charge in [0.2, 0.25) is 0 Å². The summed E-state index contributed by atoms with van der Waals surface area (Å²) in [6.07, 6.45) is 3.66. The van der Waals surface area contributed by atoms with Crippen LogP contribution in [0.2, 0.25) is 0 Å². The molecule has 0 bridgehead atoms. The molecule has 2 aliphatic heterocycles. The summed E-state index contributed by atoms with van der Waals surface area (Å²) in [6.45, 7) is 16.1. The predicted molar refractivity (Wildman–Crippen MR) is 92.4 cm³/mol. The van der Waals surface area contributed by atoms with Gasteiger partial charge >= 0.3 is 0 Å². The van der Waals surface area contributed by atoms with E-state index in [1.54, 1.807) is 0 Å². The zero-order valence-corrected chi connectivity index (χ0v) is 14.7. The van der Waals surface area contributed by atoms with Crippen LogP contribution in [0, 0.1) is 5.41 Å². The lowest BCUT2D eigenvalue weighted by molar-refractivity contribution is 0.0373. The molecule has 2 aliphatic rings. The van der Waals surface area contributed by atoms with Crippen molar-refractivity contribution in [1.82, 2.24) is 15.1 Å². The van der Waals surface area contributed by atoms with Gasteiger partial charge in [-0.15, -0.1) is 0 Å². The fourth-order valence-electron chi connectivity index (χ4n) is 3.18. The number of morpholine rings is 1. The Morgan fingerprint density at radius 2 is 1.95 bits per heavy atom. The Balaban J connectivity index is 1.68. The molecule has 128 valence electrons. The second-order valence-electron chi connectivity index (χ2n) is 7.23. The molecule has 5 nitrogen and oxygen atoms in total. The minimum Gasteiger partial charge on any atom is -0.379 e. The molecular weight excluding hydrogens is 276 g/mol. The van der Waals surface area contributed by atoms with Crippen molar-refractivity contribution in [1.29, 1.82) is 0 Å². The monoisotopic (exact) mass is 310 g/mol. The van der Waals surface area contributed by atoms with E-state index in [1.807, 2.05) is 0 Å². The summed E-state index contributed by atoms with van der Waals surface area (Å²) in [6, 6.07) is 0. The Hall–Kier alpha value is -0.810. The summed E-state index contributed by atoms with van der Waals surface area (Å²) in [5.74, 6) is 1.11. The van der Waals surface area contributed by atoms with Crippen LogP contribution in [0.25, 0.3) is 0 Å². The van der Waals surface area contributed by atoms with Crippen molar-refractivity contribution in [2.45, 2.75) is 40.0 Å². The molecule has 2 saturated heterocycles. The van der Waals surface area contributed by atoms with Crippen LogP contribution in [0.3, 0.4) is 0 Å². The minimum atomic E-state index is 0.423. The highest BCUT2D eigenvalue weighted by atomic mass is 16.5.